The van der Waals surface area contributed by atoms with Crippen molar-refractivity contribution in [3.05, 3.63) is 35.8 Å². The van der Waals surface area contributed by atoms with Crippen LogP contribution in [0.1, 0.15) is 25.6 Å². The monoisotopic (exact) mass is 296 g/mol. The lowest BCUT2D eigenvalue weighted by Gasteiger charge is -2.30. The number of nitrogens with zero attached hydrogens (tertiary/aromatic N) is 3. The quantitative estimate of drug-likeness (QED) is 0.674. The summed E-state index contributed by atoms with van der Waals surface area (Å²) in [6.45, 7) is 4.55. The van der Waals surface area contributed by atoms with Gasteiger partial charge in [-0.3, -0.25) is 4.90 Å². The molecule has 2 aromatic rings. The SMILES string of the molecule is C[C@H]1CCCN(CC(O)=C(C#N)c2nc3ccccc3[nH]2)C1. The van der Waals surface area contributed by atoms with Gasteiger partial charge < -0.3 is 10.1 Å². The molecule has 0 bridgehead atoms. The van der Waals surface area contributed by atoms with Gasteiger partial charge in [-0.2, -0.15) is 5.26 Å². The normalized spacial score (nSPS) is 20.6. The molecule has 0 amide bonds. The highest BCUT2D eigenvalue weighted by Gasteiger charge is 2.20. The fraction of sp³-hybridized carbons (Fsp3) is 0.412. The van der Waals surface area contributed by atoms with Crippen molar-refractivity contribution in [3.63, 3.8) is 0 Å². The van der Waals surface area contributed by atoms with Gasteiger partial charge in [0.1, 0.15) is 17.4 Å². The van der Waals surface area contributed by atoms with Crippen molar-refractivity contribution in [2.24, 2.45) is 5.92 Å². The molecule has 2 heterocycles. The Bertz CT molecular complexity index is 707. The number of hydrogen-bond donors (Lipinski definition) is 2. The molecule has 1 saturated heterocycles. The van der Waals surface area contributed by atoms with Gasteiger partial charge >= 0.3 is 0 Å². The first kappa shape index (κ1) is 14.6. The molecule has 0 unspecified atom stereocenters. The van der Waals surface area contributed by atoms with Gasteiger partial charge in [-0.15, -0.1) is 0 Å². The Morgan fingerprint density at radius 1 is 1.50 bits per heavy atom. The zero-order valence-electron chi connectivity index (χ0n) is 12.7. The van der Waals surface area contributed by atoms with Gasteiger partial charge in [0, 0.05) is 6.54 Å². The molecule has 1 aliphatic heterocycles. The van der Waals surface area contributed by atoms with Crippen LogP contribution in [0.3, 0.4) is 0 Å². The molecule has 1 fully saturated rings. The Balaban J connectivity index is 1.86. The number of aromatic amines is 1. The number of hydrogen-bond acceptors (Lipinski definition) is 4. The maximum Gasteiger partial charge on any atom is 0.152 e. The molecule has 1 aromatic heterocycles. The van der Waals surface area contributed by atoms with E-state index in [0.717, 1.165) is 30.5 Å². The third-order valence-electron chi connectivity index (χ3n) is 4.14. The first-order valence-electron chi connectivity index (χ1n) is 7.67. The second-order valence-electron chi connectivity index (χ2n) is 6.02. The Labute approximate surface area is 129 Å². The van der Waals surface area contributed by atoms with Crippen LogP contribution in [0, 0.1) is 17.2 Å². The minimum absolute atomic E-state index is 0.0932. The fourth-order valence-electron chi connectivity index (χ4n) is 3.05. The largest absolute Gasteiger partial charge is 0.509 e. The summed E-state index contributed by atoms with van der Waals surface area (Å²) in [4.78, 5) is 9.70. The highest BCUT2D eigenvalue weighted by Crippen LogP contribution is 2.21. The predicted octanol–water partition coefficient (Wildman–Crippen LogP) is 3.09. The number of piperidine rings is 1. The van der Waals surface area contributed by atoms with Crippen LogP contribution in [-0.2, 0) is 0 Å². The van der Waals surface area contributed by atoms with Crippen LogP contribution in [0.2, 0.25) is 0 Å². The number of allylic oxidation sites excluding steroid dienone is 1. The third-order valence-corrected chi connectivity index (χ3v) is 4.14. The Morgan fingerprint density at radius 2 is 2.32 bits per heavy atom. The second-order valence-corrected chi connectivity index (χ2v) is 6.02. The average molecular weight is 296 g/mol. The maximum atomic E-state index is 10.4. The van der Waals surface area contributed by atoms with Crippen molar-refractivity contribution in [1.82, 2.24) is 14.9 Å². The summed E-state index contributed by atoms with van der Waals surface area (Å²) in [5, 5.41) is 19.8. The van der Waals surface area contributed by atoms with E-state index in [4.69, 9.17) is 0 Å². The third kappa shape index (κ3) is 2.97. The van der Waals surface area contributed by atoms with Crippen LogP contribution in [0.5, 0.6) is 0 Å². The number of aliphatic hydroxyl groups is 1. The number of aromatic nitrogens is 2. The van der Waals surface area contributed by atoms with E-state index in [0.29, 0.717) is 18.3 Å². The number of likely N-dealkylation sites (tertiary alicyclic amines) is 1. The molecular weight excluding hydrogens is 276 g/mol. The van der Waals surface area contributed by atoms with Crippen molar-refractivity contribution in [2.75, 3.05) is 19.6 Å². The zero-order valence-corrected chi connectivity index (χ0v) is 12.7. The number of benzene rings is 1. The van der Waals surface area contributed by atoms with Crippen LogP contribution < -0.4 is 0 Å². The van der Waals surface area contributed by atoms with Gasteiger partial charge in [0.25, 0.3) is 0 Å². The summed E-state index contributed by atoms with van der Waals surface area (Å²) >= 11 is 0. The molecule has 2 N–H and O–H groups in total. The molecule has 114 valence electrons. The number of H-pyrrole nitrogens is 1. The van der Waals surface area contributed by atoms with Crippen molar-refractivity contribution in [1.29, 1.82) is 5.26 Å². The molecule has 22 heavy (non-hydrogen) atoms. The van der Waals surface area contributed by atoms with E-state index in [1.165, 1.54) is 6.42 Å². The topological polar surface area (TPSA) is 75.9 Å². The van der Waals surface area contributed by atoms with Crippen LogP contribution in [0.25, 0.3) is 16.6 Å². The van der Waals surface area contributed by atoms with Crippen molar-refractivity contribution in [3.8, 4) is 6.07 Å². The van der Waals surface area contributed by atoms with Gasteiger partial charge in [0.05, 0.1) is 17.6 Å². The van der Waals surface area contributed by atoms with Crippen molar-refractivity contribution < 1.29 is 5.11 Å². The first-order valence-corrected chi connectivity index (χ1v) is 7.67. The molecule has 1 aromatic carbocycles. The van der Waals surface area contributed by atoms with Gasteiger partial charge in [0.15, 0.2) is 5.82 Å². The van der Waals surface area contributed by atoms with E-state index >= 15 is 0 Å². The first-order chi connectivity index (χ1) is 10.7. The van der Waals surface area contributed by atoms with E-state index in [1.54, 1.807) is 0 Å². The number of aliphatic hydroxyl groups excluding tert-OH is 1. The van der Waals surface area contributed by atoms with E-state index in [-0.39, 0.29) is 11.3 Å². The van der Waals surface area contributed by atoms with Crippen LogP contribution >= 0.6 is 0 Å². The van der Waals surface area contributed by atoms with E-state index in [2.05, 4.69) is 27.9 Å². The number of imidazole rings is 1. The highest BCUT2D eigenvalue weighted by molar-refractivity contribution is 5.82. The second kappa shape index (κ2) is 6.20. The predicted molar refractivity (Wildman–Crippen MR) is 86.1 cm³/mol. The van der Waals surface area contributed by atoms with Crippen molar-refractivity contribution >= 4 is 16.6 Å². The molecule has 0 saturated carbocycles. The Kier molecular flexibility index (Phi) is 4.12. The zero-order chi connectivity index (χ0) is 15.5. The molecule has 5 nitrogen and oxygen atoms in total. The number of rotatable bonds is 3. The summed E-state index contributed by atoms with van der Waals surface area (Å²) in [7, 11) is 0. The number of fused-ring (bicyclic) bond motifs is 1. The van der Waals surface area contributed by atoms with E-state index in [9.17, 15) is 10.4 Å². The summed E-state index contributed by atoms with van der Waals surface area (Å²) in [6, 6.07) is 9.69. The summed E-state index contributed by atoms with van der Waals surface area (Å²) in [5.41, 5.74) is 1.89. The molecule has 1 aliphatic rings. The van der Waals surface area contributed by atoms with Crippen LogP contribution in [0.15, 0.2) is 30.0 Å². The Hall–Kier alpha value is -2.32. The van der Waals surface area contributed by atoms with E-state index < -0.39 is 0 Å². The molecule has 0 aliphatic carbocycles. The molecule has 0 radical (unpaired) electrons. The average Bonchev–Trinajstić information content (AvgIpc) is 2.91. The lowest BCUT2D eigenvalue weighted by molar-refractivity contribution is 0.177. The smallest absolute Gasteiger partial charge is 0.152 e. The minimum Gasteiger partial charge on any atom is -0.509 e. The lowest BCUT2D eigenvalue weighted by atomic mass is 10.00. The molecule has 5 heteroatoms. The molecular formula is C17H20N4O. The van der Waals surface area contributed by atoms with E-state index in [1.807, 2.05) is 24.3 Å². The standard InChI is InChI=1S/C17H20N4O/c1-12-5-4-8-21(10-12)11-16(22)13(9-18)17-19-14-6-2-3-7-15(14)20-17/h2-3,6-7,12,22H,4-5,8,10-11H2,1H3,(H,19,20)/t12-/m0/s1. The number of nitriles is 1. The number of para-hydroxylation sites is 2. The number of nitrogens with one attached hydrogen (secondary N) is 1. The summed E-state index contributed by atoms with van der Waals surface area (Å²) < 4.78 is 0. The van der Waals surface area contributed by atoms with Crippen LogP contribution in [0.4, 0.5) is 0 Å². The minimum atomic E-state index is 0.0932. The molecule has 0 spiro atoms. The molecule has 1 atom stereocenters. The lowest BCUT2D eigenvalue weighted by Crippen LogP contribution is -2.35. The van der Waals surface area contributed by atoms with Gasteiger partial charge in [-0.25, -0.2) is 4.98 Å². The highest BCUT2D eigenvalue weighted by atomic mass is 16.3. The summed E-state index contributed by atoms with van der Waals surface area (Å²) in [5.74, 6) is 1.17. The van der Waals surface area contributed by atoms with Crippen LogP contribution in [-0.4, -0.2) is 39.6 Å². The summed E-state index contributed by atoms with van der Waals surface area (Å²) in [6.07, 6.45) is 2.37. The maximum absolute atomic E-state index is 10.4. The molecule has 3 rings (SSSR count). The van der Waals surface area contributed by atoms with Gasteiger partial charge in [-0.05, 0) is 37.4 Å². The Morgan fingerprint density at radius 3 is 3.05 bits per heavy atom. The van der Waals surface area contributed by atoms with Crippen molar-refractivity contribution in [2.45, 2.75) is 19.8 Å². The fourth-order valence-corrected chi connectivity index (χ4v) is 3.05. The van der Waals surface area contributed by atoms with Gasteiger partial charge in [0.2, 0.25) is 0 Å². The van der Waals surface area contributed by atoms with Gasteiger partial charge in [-0.1, -0.05) is 19.1 Å².